The van der Waals surface area contributed by atoms with Crippen LogP contribution in [-0.4, -0.2) is 63.2 Å². The average Bonchev–Trinajstić information content (AvgIpc) is 2.88. The summed E-state index contributed by atoms with van der Waals surface area (Å²) in [6.45, 7) is 1.14. The van der Waals surface area contributed by atoms with E-state index >= 15 is 0 Å². The van der Waals surface area contributed by atoms with Crippen molar-refractivity contribution < 1.29 is 19.8 Å². The summed E-state index contributed by atoms with van der Waals surface area (Å²) in [6, 6.07) is 12.6. The highest BCUT2D eigenvalue weighted by atomic mass is 32.2. The van der Waals surface area contributed by atoms with Gasteiger partial charge in [0.1, 0.15) is 17.4 Å². The van der Waals surface area contributed by atoms with E-state index in [4.69, 9.17) is 0 Å². The van der Waals surface area contributed by atoms with E-state index in [1.807, 2.05) is 40.9 Å². The molecule has 0 bridgehead atoms. The Balaban J connectivity index is 1.55. The third-order valence-corrected chi connectivity index (χ3v) is 6.74. The molecule has 1 fully saturated rings. The zero-order chi connectivity index (χ0) is 25.1. The number of phenols is 1. The molecule has 1 heterocycles. The number of carboxylic acids is 1. The van der Waals surface area contributed by atoms with Gasteiger partial charge in [-0.3, -0.25) is 14.4 Å². The first kappa shape index (κ1) is 24.3. The number of aromatic hydroxyl groups is 1. The minimum atomic E-state index is -1.14. The number of phenolic OH excluding ortho intramolecular Hbond substituents is 1. The van der Waals surface area contributed by atoms with E-state index in [-0.39, 0.29) is 35.7 Å². The number of carbonyl (C=O) groups excluding carboxylic acids is 1. The molecule has 1 saturated heterocycles. The number of benzene rings is 2. The number of aliphatic carboxylic acids is 1. The Morgan fingerprint density at radius 3 is 2.43 bits per heavy atom. The Kier molecular flexibility index (Phi) is 7.08. The summed E-state index contributed by atoms with van der Waals surface area (Å²) in [5.74, 6) is -2.20. The van der Waals surface area contributed by atoms with Gasteiger partial charge in [-0.1, -0.05) is 48.3 Å². The minimum absolute atomic E-state index is 0.0113. The van der Waals surface area contributed by atoms with Crippen LogP contribution in [0.2, 0.25) is 0 Å². The lowest BCUT2D eigenvalue weighted by Crippen LogP contribution is -2.56. The Morgan fingerprint density at radius 1 is 1.03 bits per heavy atom. The van der Waals surface area contributed by atoms with Crippen LogP contribution in [0.25, 0.3) is 0 Å². The summed E-state index contributed by atoms with van der Waals surface area (Å²) >= 11 is 1.40. The van der Waals surface area contributed by atoms with Crippen molar-refractivity contribution in [1.82, 2.24) is 9.21 Å². The number of carbonyl (C=O) groups is 2. The van der Waals surface area contributed by atoms with Crippen LogP contribution >= 0.6 is 11.9 Å². The van der Waals surface area contributed by atoms with Crippen molar-refractivity contribution in [2.45, 2.75) is 12.6 Å². The van der Waals surface area contributed by atoms with E-state index in [1.54, 1.807) is 0 Å². The van der Waals surface area contributed by atoms with Gasteiger partial charge >= 0.3 is 5.97 Å². The monoisotopic (exact) mass is 496 g/mol. The molecule has 1 aliphatic rings. The van der Waals surface area contributed by atoms with Crippen molar-refractivity contribution in [2.75, 3.05) is 36.5 Å². The molecule has 182 valence electrons. The molecular formula is C24H24N4O6S. The van der Waals surface area contributed by atoms with Crippen LogP contribution in [0.3, 0.4) is 0 Å². The van der Waals surface area contributed by atoms with Gasteiger partial charge in [-0.2, -0.15) is 0 Å². The molecular weight excluding hydrogens is 472 g/mol. The smallest absolute Gasteiger partial charge is 0.327 e. The molecule has 0 aromatic heterocycles. The van der Waals surface area contributed by atoms with Gasteiger partial charge in [0.25, 0.3) is 16.8 Å². The maximum atomic E-state index is 13.2. The first-order valence-corrected chi connectivity index (χ1v) is 12.0. The molecule has 3 aromatic rings. The summed E-state index contributed by atoms with van der Waals surface area (Å²) in [4.78, 5) is 50.5. The molecule has 1 atom stereocenters. The van der Waals surface area contributed by atoms with Crippen molar-refractivity contribution in [3.8, 4) is 5.75 Å². The van der Waals surface area contributed by atoms with Crippen molar-refractivity contribution in [3.05, 3.63) is 80.1 Å². The summed E-state index contributed by atoms with van der Waals surface area (Å²) in [6.07, 6.45) is 1.83. The Labute approximate surface area is 205 Å². The number of piperazine rings is 1. The Hall–Kier alpha value is -3.83. The third kappa shape index (κ3) is 4.86. The molecule has 1 amide bonds. The van der Waals surface area contributed by atoms with Crippen LogP contribution in [-0.2, 0) is 11.3 Å². The van der Waals surface area contributed by atoms with Crippen LogP contribution < -0.4 is 21.5 Å². The number of hydrogen-bond donors (Lipinski definition) is 4. The zero-order valence-corrected chi connectivity index (χ0v) is 19.7. The van der Waals surface area contributed by atoms with Gasteiger partial charge in [-0.25, -0.2) is 9.10 Å². The van der Waals surface area contributed by atoms with Gasteiger partial charge in [0.2, 0.25) is 0 Å². The van der Waals surface area contributed by atoms with E-state index in [9.17, 15) is 29.4 Å². The number of anilines is 3. The maximum Gasteiger partial charge on any atom is 0.327 e. The molecule has 10 nitrogen and oxygen atoms in total. The van der Waals surface area contributed by atoms with Crippen LogP contribution in [0.1, 0.15) is 15.9 Å². The van der Waals surface area contributed by atoms with E-state index < -0.39 is 34.5 Å². The minimum Gasteiger partial charge on any atom is -0.505 e. The highest BCUT2D eigenvalue weighted by molar-refractivity contribution is 7.96. The second-order valence-corrected chi connectivity index (χ2v) is 8.88. The molecule has 0 saturated carbocycles. The number of para-hydroxylation sites is 1. The van der Waals surface area contributed by atoms with Crippen molar-refractivity contribution in [3.63, 3.8) is 0 Å². The topological polar surface area (TPSA) is 139 Å². The van der Waals surface area contributed by atoms with Crippen LogP contribution in [0.5, 0.6) is 5.75 Å². The van der Waals surface area contributed by atoms with Gasteiger partial charge < -0.3 is 25.7 Å². The van der Waals surface area contributed by atoms with Crippen molar-refractivity contribution in [2.24, 2.45) is 0 Å². The molecule has 11 heteroatoms. The van der Waals surface area contributed by atoms with Gasteiger partial charge in [0.15, 0.2) is 5.75 Å². The number of amides is 1. The van der Waals surface area contributed by atoms with Crippen LogP contribution in [0.15, 0.2) is 58.1 Å². The predicted octanol–water partition coefficient (Wildman–Crippen LogP) is 1.83. The van der Waals surface area contributed by atoms with Gasteiger partial charge in [-0.05, 0) is 24.0 Å². The Bertz CT molecular complexity index is 1320. The second kappa shape index (κ2) is 10.2. The average molecular weight is 497 g/mol. The van der Waals surface area contributed by atoms with Gasteiger partial charge in [0.05, 0.1) is 11.3 Å². The van der Waals surface area contributed by atoms with Crippen LogP contribution in [0, 0.1) is 0 Å². The lowest BCUT2D eigenvalue weighted by Gasteiger charge is -2.38. The molecule has 0 radical (unpaired) electrons. The lowest BCUT2D eigenvalue weighted by atomic mass is 10.1. The molecule has 1 aliphatic heterocycles. The lowest BCUT2D eigenvalue weighted by molar-refractivity contribution is -0.143. The summed E-state index contributed by atoms with van der Waals surface area (Å²) < 4.78 is 1.86. The summed E-state index contributed by atoms with van der Waals surface area (Å²) in [7, 11) is 0. The first-order valence-electron chi connectivity index (χ1n) is 10.8. The normalized spacial score (nSPS) is 16.3. The molecule has 35 heavy (non-hydrogen) atoms. The fraction of sp³-hybridized carbons (Fsp3) is 0.250. The molecule has 3 aromatic carbocycles. The Morgan fingerprint density at radius 2 is 1.74 bits per heavy atom. The number of nitrogens with zero attached hydrogens (tertiary/aromatic N) is 2. The second-order valence-electron chi connectivity index (χ2n) is 8.00. The van der Waals surface area contributed by atoms with E-state index in [0.29, 0.717) is 13.1 Å². The number of hydrogen-bond acceptors (Lipinski definition) is 9. The van der Waals surface area contributed by atoms with E-state index in [1.165, 1.54) is 35.0 Å². The highest BCUT2D eigenvalue weighted by Gasteiger charge is 2.36. The SMILES string of the molecule is CSN1CCN(C(=O)c2cccc(Nc3c(NCc4ccccc4)c(=O)c3=O)c2O)C(C(=O)O)C1. The fourth-order valence-corrected chi connectivity index (χ4v) is 4.50. The summed E-state index contributed by atoms with van der Waals surface area (Å²) in [5, 5.41) is 26.1. The molecule has 0 spiro atoms. The maximum absolute atomic E-state index is 13.2. The number of nitrogens with one attached hydrogen (secondary N) is 2. The number of carboxylic acid groups (broad SMARTS) is 1. The van der Waals surface area contributed by atoms with Crippen LogP contribution in [0.4, 0.5) is 17.1 Å². The van der Waals surface area contributed by atoms with Gasteiger partial charge in [-0.15, -0.1) is 0 Å². The first-order chi connectivity index (χ1) is 16.8. The largest absolute Gasteiger partial charge is 0.505 e. The van der Waals surface area contributed by atoms with Crippen molar-refractivity contribution >= 4 is 40.9 Å². The highest BCUT2D eigenvalue weighted by Crippen LogP contribution is 2.33. The van der Waals surface area contributed by atoms with E-state index in [0.717, 1.165) is 5.56 Å². The quantitative estimate of drug-likeness (QED) is 0.207. The van der Waals surface area contributed by atoms with Gasteiger partial charge in [0, 0.05) is 26.2 Å². The third-order valence-electron chi connectivity index (χ3n) is 5.90. The molecule has 4 N–H and O–H groups in total. The zero-order valence-electron chi connectivity index (χ0n) is 18.9. The molecule has 4 rings (SSSR count). The van der Waals surface area contributed by atoms with Crippen molar-refractivity contribution in [1.29, 1.82) is 0 Å². The molecule has 0 aliphatic carbocycles. The number of rotatable bonds is 8. The molecule has 1 unspecified atom stereocenters. The fourth-order valence-electron chi connectivity index (χ4n) is 3.95. The standard InChI is InChI=1S/C24H24N4O6S/c1-35-27-10-11-28(17(13-27)24(33)34)23(32)15-8-5-9-16(20(15)29)26-19-18(21(30)22(19)31)25-12-14-6-3-2-4-7-14/h2-9,17,25-26,29H,10-13H2,1H3,(H,33,34). The summed E-state index contributed by atoms with van der Waals surface area (Å²) in [5.41, 5.74) is -0.466. The predicted molar refractivity (Wildman–Crippen MR) is 134 cm³/mol. The van der Waals surface area contributed by atoms with E-state index in [2.05, 4.69) is 10.6 Å².